The van der Waals surface area contributed by atoms with E-state index < -0.39 is 0 Å². The van der Waals surface area contributed by atoms with Crippen molar-refractivity contribution in [1.29, 1.82) is 0 Å². The molecule has 1 aromatic rings. The summed E-state index contributed by atoms with van der Waals surface area (Å²) in [6.07, 6.45) is 1.47. The van der Waals surface area contributed by atoms with Gasteiger partial charge in [0.25, 0.3) is 0 Å². The van der Waals surface area contributed by atoms with E-state index in [4.69, 9.17) is 11.6 Å². The van der Waals surface area contributed by atoms with Crippen LogP contribution in [-0.2, 0) is 0 Å². The molecule has 12 heavy (non-hydrogen) atoms. The zero-order valence-electron chi connectivity index (χ0n) is 7.11. The maximum atomic E-state index is 5.51. The first-order valence-corrected chi connectivity index (χ1v) is 3.64. The Morgan fingerprint density at radius 1 is 1.50 bits per heavy atom. The van der Waals surface area contributed by atoms with Crippen molar-refractivity contribution in [2.24, 2.45) is 5.90 Å². The van der Waals surface area contributed by atoms with E-state index in [9.17, 15) is 0 Å². The van der Waals surface area contributed by atoms with Gasteiger partial charge in [-0.1, -0.05) is 13.8 Å². The van der Waals surface area contributed by atoms with Crippen molar-refractivity contribution in [2.45, 2.75) is 19.8 Å². The quantitative estimate of drug-likeness (QED) is 0.625. The first-order valence-electron chi connectivity index (χ1n) is 3.64. The monoisotopic (exact) mass is 168 g/mol. The summed E-state index contributed by atoms with van der Waals surface area (Å²) in [5, 5.41) is 0. The first kappa shape index (κ1) is 8.73. The Balaban J connectivity index is 3.02. The summed E-state index contributed by atoms with van der Waals surface area (Å²) in [5.41, 5.74) is 5.51. The molecule has 0 saturated heterocycles. The minimum absolute atomic E-state index is 0.249. The van der Waals surface area contributed by atoms with E-state index in [1.54, 1.807) is 0 Å². The molecular formula is C7H12N4O. The van der Waals surface area contributed by atoms with Crippen LogP contribution in [-0.4, -0.2) is 9.97 Å². The number of hydrogen-bond donors (Lipinski definition) is 2. The Hall–Kier alpha value is -1.36. The highest BCUT2D eigenvalue weighted by atomic mass is 16.6. The Labute approximate surface area is 70.7 Å². The molecule has 0 saturated carbocycles. The average Bonchev–Trinajstić information content (AvgIpc) is 2.04. The second-order valence-electron chi connectivity index (χ2n) is 2.75. The summed E-state index contributed by atoms with van der Waals surface area (Å²) >= 11 is 0. The average molecular weight is 168 g/mol. The summed E-state index contributed by atoms with van der Waals surface area (Å²) in [4.78, 5) is 12.4. The predicted molar refractivity (Wildman–Crippen MR) is 45.3 cm³/mol. The van der Waals surface area contributed by atoms with Crippen molar-refractivity contribution >= 4 is 5.82 Å². The fourth-order valence-electron chi connectivity index (χ4n) is 0.767. The fraction of sp³-hybridized carbons (Fsp3) is 0.429. The van der Waals surface area contributed by atoms with Crippen LogP contribution < -0.4 is 16.5 Å². The molecule has 5 heteroatoms. The largest absolute Gasteiger partial charge is 0.406 e. The molecule has 0 radical (unpaired) electrons. The molecule has 66 valence electrons. The Morgan fingerprint density at radius 2 is 2.17 bits per heavy atom. The van der Waals surface area contributed by atoms with Crippen LogP contribution >= 0.6 is 0 Å². The van der Waals surface area contributed by atoms with Gasteiger partial charge in [-0.2, -0.15) is 5.90 Å². The van der Waals surface area contributed by atoms with Crippen molar-refractivity contribution < 1.29 is 4.84 Å². The number of nitrogens with two attached hydrogens (primary N) is 2. The summed E-state index contributed by atoms with van der Waals surface area (Å²) in [6.45, 7) is 3.97. The number of rotatable bonds is 2. The molecule has 0 aliphatic heterocycles. The third-order valence-corrected chi connectivity index (χ3v) is 1.44. The summed E-state index contributed by atoms with van der Waals surface area (Å²) in [5.74, 6) is 6.43. The van der Waals surface area contributed by atoms with Gasteiger partial charge in [0.05, 0.1) is 6.20 Å². The molecule has 5 nitrogen and oxygen atoms in total. The van der Waals surface area contributed by atoms with Gasteiger partial charge in [0.2, 0.25) is 5.75 Å². The molecule has 0 fully saturated rings. The molecule has 0 atom stereocenters. The van der Waals surface area contributed by atoms with Crippen LogP contribution in [0.1, 0.15) is 25.6 Å². The molecule has 0 bridgehead atoms. The van der Waals surface area contributed by atoms with Gasteiger partial charge in [-0.3, -0.25) is 0 Å². The van der Waals surface area contributed by atoms with Gasteiger partial charge in [-0.15, -0.1) is 0 Å². The topological polar surface area (TPSA) is 87.0 Å². The van der Waals surface area contributed by atoms with E-state index in [-0.39, 0.29) is 11.7 Å². The Bertz CT molecular complexity index is 274. The molecule has 4 N–H and O–H groups in total. The molecule has 0 aliphatic rings. The lowest BCUT2D eigenvalue weighted by atomic mass is 10.2. The highest BCUT2D eigenvalue weighted by molar-refractivity contribution is 5.43. The Kier molecular flexibility index (Phi) is 2.44. The molecule has 0 aromatic carbocycles. The minimum Gasteiger partial charge on any atom is -0.406 e. The van der Waals surface area contributed by atoms with E-state index in [2.05, 4.69) is 14.8 Å². The van der Waals surface area contributed by atoms with Gasteiger partial charge in [0, 0.05) is 5.92 Å². The van der Waals surface area contributed by atoms with Crippen molar-refractivity contribution in [3.63, 3.8) is 0 Å². The van der Waals surface area contributed by atoms with Crippen LogP contribution in [0.3, 0.4) is 0 Å². The zero-order chi connectivity index (χ0) is 9.14. The van der Waals surface area contributed by atoms with Crippen molar-refractivity contribution in [1.82, 2.24) is 9.97 Å². The molecule has 0 amide bonds. The second-order valence-corrected chi connectivity index (χ2v) is 2.75. The highest BCUT2D eigenvalue weighted by Gasteiger charge is 2.06. The normalized spacial score (nSPS) is 10.3. The van der Waals surface area contributed by atoms with Gasteiger partial charge < -0.3 is 10.6 Å². The van der Waals surface area contributed by atoms with E-state index in [0.29, 0.717) is 11.6 Å². The Morgan fingerprint density at radius 3 is 2.58 bits per heavy atom. The molecule has 0 spiro atoms. The molecule has 0 unspecified atom stereocenters. The summed E-state index contributed by atoms with van der Waals surface area (Å²) in [6, 6.07) is 0. The van der Waals surface area contributed by atoms with Crippen LogP contribution in [0.4, 0.5) is 5.82 Å². The van der Waals surface area contributed by atoms with Crippen molar-refractivity contribution in [2.75, 3.05) is 5.73 Å². The van der Waals surface area contributed by atoms with Crippen molar-refractivity contribution in [3.05, 3.63) is 12.0 Å². The third-order valence-electron chi connectivity index (χ3n) is 1.44. The summed E-state index contributed by atoms with van der Waals surface area (Å²) < 4.78 is 0. The van der Waals surface area contributed by atoms with Gasteiger partial charge in [-0.25, -0.2) is 9.97 Å². The van der Waals surface area contributed by atoms with Gasteiger partial charge in [0.1, 0.15) is 5.82 Å². The third kappa shape index (κ3) is 1.62. The number of hydrogen-bond acceptors (Lipinski definition) is 5. The van der Waals surface area contributed by atoms with Crippen molar-refractivity contribution in [3.8, 4) is 5.75 Å². The van der Waals surface area contributed by atoms with Gasteiger partial charge >= 0.3 is 0 Å². The molecule has 1 rings (SSSR count). The maximum absolute atomic E-state index is 5.51. The summed E-state index contributed by atoms with van der Waals surface area (Å²) in [7, 11) is 0. The number of anilines is 1. The molecular weight excluding hydrogens is 156 g/mol. The highest BCUT2D eigenvalue weighted by Crippen LogP contribution is 2.18. The number of nitrogens with zero attached hydrogens (tertiary/aromatic N) is 2. The fourth-order valence-corrected chi connectivity index (χ4v) is 0.767. The van der Waals surface area contributed by atoms with Crippen LogP contribution in [0.15, 0.2) is 6.20 Å². The van der Waals surface area contributed by atoms with Crippen LogP contribution in [0.25, 0.3) is 0 Å². The molecule has 1 heterocycles. The molecule has 0 aliphatic carbocycles. The molecule has 1 aromatic heterocycles. The van der Waals surface area contributed by atoms with E-state index in [1.807, 2.05) is 13.8 Å². The van der Waals surface area contributed by atoms with Gasteiger partial charge in [0.15, 0.2) is 5.82 Å². The van der Waals surface area contributed by atoms with E-state index in [0.717, 1.165) is 0 Å². The lowest BCUT2D eigenvalue weighted by molar-refractivity contribution is 0.333. The number of aromatic nitrogens is 2. The number of nitrogen functional groups attached to an aromatic ring is 1. The van der Waals surface area contributed by atoms with Crippen LogP contribution in [0.2, 0.25) is 0 Å². The smallest absolute Gasteiger partial charge is 0.207 e. The zero-order valence-corrected chi connectivity index (χ0v) is 7.11. The van der Waals surface area contributed by atoms with Crippen LogP contribution in [0.5, 0.6) is 5.75 Å². The SMILES string of the molecule is CC(C)c1ncc(ON)c(N)n1. The van der Waals surface area contributed by atoms with Gasteiger partial charge in [-0.05, 0) is 0 Å². The van der Waals surface area contributed by atoms with E-state index >= 15 is 0 Å². The lowest BCUT2D eigenvalue weighted by Crippen LogP contribution is -2.08. The predicted octanol–water partition coefficient (Wildman–Crippen LogP) is 0.435. The second kappa shape index (κ2) is 3.36. The standard InChI is InChI=1S/C7H12N4O/c1-4(2)7-10-3-5(12-9)6(8)11-7/h3-4H,9H2,1-2H3,(H2,8,10,11). The maximum Gasteiger partial charge on any atom is 0.207 e. The first-order chi connectivity index (χ1) is 5.65. The van der Waals surface area contributed by atoms with E-state index in [1.165, 1.54) is 6.20 Å². The lowest BCUT2D eigenvalue weighted by Gasteiger charge is -2.05. The minimum atomic E-state index is 0.249. The van der Waals surface area contributed by atoms with Crippen LogP contribution in [0, 0.1) is 0 Å².